The molecule has 0 spiro atoms. The summed E-state index contributed by atoms with van der Waals surface area (Å²) >= 11 is 9.32. The predicted molar refractivity (Wildman–Crippen MR) is 47.4 cm³/mol. The molecule has 0 aliphatic rings. The standard InChI is InChI=1S/C6H9NS2/c1-2-3-6(9)4-7-5-8/h2-4H2,1H3. The summed E-state index contributed by atoms with van der Waals surface area (Å²) < 4.78 is 0. The van der Waals surface area contributed by atoms with Gasteiger partial charge in [0.15, 0.2) is 0 Å². The van der Waals surface area contributed by atoms with Crippen LogP contribution in [0.2, 0.25) is 0 Å². The van der Waals surface area contributed by atoms with Gasteiger partial charge in [0.1, 0.15) is 0 Å². The highest BCUT2D eigenvalue weighted by Gasteiger charge is 1.89. The molecule has 9 heavy (non-hydrogen) atoms. The van der Waals surface area contributed by atoms with Crippen LogP contribution in [0.4, 0.5) is 0 Å². The van der Waals surface area contributed by atoms with Crippen molar-refractivity contribution in [3.63, 3.8) is 0 Å². The minimum Gasteiger partial charge on any atom is -0.227 e. The number of hydrogen-bond acceptors (Lipinski definition) is 3. The summed E-state index contributed by atoms with van der Waals surface area (Å²) in [5, 5.41) is 2.28. The first-order valence-corrected chi connectivity index (χ1v) is 3.68. The lowest BCUT2D eigenvalue weighted by Gasteiger charge is -1.91. The summed E-state index contributed by atoms with van der Waals surface area (Å²) in [5.74, 6) is 0. The molecule has 0 N–H and O–H groups in total. The molecule has 50 valence electrons. The lowest BCUT2D eigenvalue weighted by Crippen LogP contribution is -1.96. The van der Waals surface area contributed by atoms with Crippen molar-refractivity contribution in [3.8, 4) is 0 Å². The van der Waals surface area contributed by atoms with Gasteiger partial charge in [-0.3, -0.25) is 0 Å². The fourth-order valence-electron chi connectivity index (χ4n) is 0.478. The van der Waals surface area contributed by atoms with E-state index in [1.807, 2.05) is 0 Å². The third kappa shape index (κ3) is 5.77. The van der Waals surface area contributed by atoms with Crippen LogP contribution in [0.15, 0.2) is 4.99 Å². The maximum absolute atomic E-state index is 4.94. The molecule has 0 amide bonds. The quantitative estimate of drug-likeness (QED) is 0.461. The van der Waals surface area contributed by atoms with Crippen molar-refractivity contribution in [1.29, 1.82) is 0 Å². The maximum atomic E-state index is 4.94. The average Bonchev–Trinajstić information content (AvgIpc) is 1.85. The van der Waals surface area contributed by atoms with Gasteiger partial charge in [-0.1, -0.05) is 25.6 Å². The third-order valence-electron chi connectivity index (χ3n) is 0.849. The summed E-state index contributed by atoms with van der Waals surface area (Å²) in [6.07, 6.45) is 2.06. The summed E-state index contributed by atoms with van der Waals surface area (Å²) in [4.78, 5) is 4.68. The van der Waals surface area contributed by atoms with E-state index in [-0.39, 0.29) is 0 Å². The van der Waals surface area contributed by atoms with Crippen molar-refractivity contribution in [1.82, 2.24) is 0 Å². The molecule has 0 aromatic heterocycles. The number of isothiocyanates is 1. The molecular formula is C6H9NS2. The predicted octanol–water partition coefficient (Wildman–Crippen LogP) is 2.26. The lowest BCUT2D eigenvalue weighted by molar-refractivity contribution is 0.990. The zero-order valence-corrected chi connectivity index (χ0v) is 7.02. The summed E-state index contributed by atoms with van der Waals surface area (Å²) in [6, 6.07) is 0. The van der Waals surface area contributed by atoms with E-state index in [2.05, 4.69) is 29.3 Å². The van der Waals surface area contributed by atoms with E-state index in [1.54, 1.807) is 0 Å². The fourth-order valence-corrected chi connectivity index (χ4v) is 0.812. The van der Waals surface area contributed by atoms with Crippen LogP contribution in [-0.4, -0.2) is 16.6 Å². The number of hydrogen-bond donors (Lipinski definition) is 0. The van der Waals surface area contributed by atoms with Gasteiger partial charge in [-0.25, -0.2) is 4.99 Å². The van der Waals surface area contributed by atoms with Crippen LogP contribution >= 0.6 is 24.4 Å². The monoisotopic (exact) mass is 159 g/mol. The Bertz CT molecular complexity index is 136. The molecule has 0 fully saturated rings. The number of aliphatic imine (C=N–C) groups is 1. The zero-order chi connectivity index (χ0) is 7.11. The molecule has 0 unspecified atom stereocenters. The zero-order valence-electron chi connectivity index (χ0n) is 5.39. The molecule has 0 heterocycles. The Morgan fingerprint density at radius 1 is 1.67 bits per heavy atom. The topological polar surface area (TPSA) is 12.4 Å². The molecule has 0 bridgehead atoms. The SMILES string of the molecule is CCCC(=S)CN=C=S. The molecule has 0 saturated carbocycles. The Balaban J connectivity index is 3.38. The lowest BCUT2D eigenvalue weighted by atomic mass is 10.2. The number of thiocarbonyl (C=S) groups is 2. The van der Waals surface area contributed by atoms with E-state index >= 15 is 0 Å². The molecule has 3 heteroatoms. The van der Waals surface area contributed by atoms with Gasteiger partial charge in [-0.05, 0) is 18.6 Å². The van der Waals surface area contributed by atoms with E-state index in [4.69, 9.17) is 12.2 Å². The molecular weight excluding hydrogens is 150 g/mol. The Morgan fingerprint density at radius 2 is 2.33 bits per heavy atom. The normalized spacial score (nSPS) is 8.11. The molecule has 1 nitrogen and oxygen atoms in total. The van der Waals surface area contributed by atoms with E-state index in [0.29, 0.717) is 6.54 Å². The Kier molecular flexibility index (Phi) is 5.94. The molecule has 0 aliphatic heterocycles. The second-order valence-corrected chi connectivity index (χ2v) is 2.46. The minimum atomic E-state index is 0.576. The summed E-state index contributed by atoms with van der Waals surface area (Å²) in [7, 11) is 0. The average molecular weight is 159 g/mol. The van der Waals surface area contributed by atoms with Crippen LogP contribution in [-0.2, 0) is 0 Å². The highest BCUT2D eigenvalue weighted by molar-refractivity contribution is 7.80. The molecule has 0 aromatic carbocycles. The maximum Gasteiger partial charge on any atom is 0.0805 e. The van der Waals surface area contributed by atoms with Crippen molar-refractivity contribution in [2.24, 2.45) is 4.99 Å². The van der Waals surface area contributed by atoms with Gasteiger partial charge in [0.25, 0.3) is 0 Å². The van der Waals surface area contributed by atoms with Gasteiger partial charge < -0.3 is 0 Å². The largest absolute Gasteiger partial charge is 0.227 e. The second-order valence-electron chi connectivity index (χ2n) is 1.70. The van der Waals surface area contributed by atoms with E-state index < -0.39 is 0 Å². The molecule has 0 radical (unpaired) electrons. The molecule has 0 aromatic rings. The highest BCUT2D eigenvalue weighted by atomic mass is 32.1. The van der Waals surface area contributed by atoms with Gasteiger partial charge in [-0.15, -0.1) is 0 Å². The first-order valence-electron chi connectivity index (χ1n) is 2.86. The highest BCUT2D eigenvalue weighted by Crippen LogP contribution is 1.91. The molecule has 0 aliphatic carbocycles. The first kappa shape index (κ1) is 8.89. The Hall–Kier alpha value is -0.110. The van der Waals surface area contributed by atoms with Gasteiger partial charge in [-0.2, -0.15) is 0 Å². The van der Waals surface area contributed by atoms with Crippen LogP contribution in [0.3, 0.4) is 0 Å². The van der Waals surface area contributed by atoms with Gasteiger partial charge >= 0.3 is 0 Å². The van der Waals surface area contributed by atoms with Crippen molar-refractivity contribution in [2.75, 3.05) is 6.54 Å². The Labute approximate surface area is 66.2 Å². The van der Waals surface area contributed by atoms with Crippen molar-refractivity contribution in [3.05, 3.63) is 0 Å². The third-order valence-corrected chi connectivity index (χ3v) is 1.31. The summed E-state index contributed by atoms with van der Waals surface area (Å²) in [5.41, 5.74) is 0. The second kappa shape index (κ2) is 6.02. The minimum absolute atomic E-state index is 0.576. The van der Waals surface area contributed by atoms with Crippen LogP contribution < -0.4 is 0 Å². The molecule has 0 rings (SSSR count). The van der Waals surface area contributed by atoms with Gasteiger partial charge in [0, 0.05) is 4.86 Å². The molecule has 0 atom stereocenters. The van der Waals surface area contributed by atoms with E-state index in [1.165, 1.54) is 0 Å². The van der Waals surface area contributed by atoms with Crippen molar-refractivity contribution < 1.29 is 0 Å². The van der Waals surface area contributed by atoms with Gasteiger partial charge in [0.2, 0.25) is 0 Å². The summed E-state index contributed by atoms with van der Waals surface area (Å²) in [6.45, 7) is 2.67. The van der Waals surface area contributed by atoms with E-state index in [9.17, 15) is 0 Å². The van der Waals surface area contributed by atoms with Crippen LogP contribution in [0.25, 0.3) is 0 Å². The Morgan fingerprint density at radius 3 is 2.78 bits per heavy atom. The van der Waals surface area contributed by atoms with Gasteiger partial charge in [0.05, 0.1) is 11.7 Å². The fraction of sp³-hybridized carbons (Fsp3) is 0.667. The van der Waals surface area contributed by atoms with Crippen LogP contribution in [0.5, 0.6) is 0 Å². The van der Waals surface area contributed by atoms with Crippen LogP contribution in [0.1, 0.15) is 19.8 Å². The smallest absolute Gasteiger partial charge is 0.0805 e. The van der Waals surface area contributed by atoms with Crippen LogP contribution in [0, 0.1) is 0 Å². The van der Waals surface area contributed by atoms with Crippen molar-refractivity contribution in [2.45, 2.75) is 19.8 Å². The van der Waals surface area contributed by atoms with E-state index in [0.717, 1.165) is 17.7 Å². The van der Waals surface area contributed by atoms with Crippen molar-refractivity contribution >= 4 is 34.5 Å². The number of rotatable bonds is 4. The number of nitrogens with zero attached hydrogens (tertiary/aromatic N) is 1. The molecule has 0 saturated heterocycles. The first-order chi connectivity index (χ1) is 4.31.